The van der Waals surface area contributed by atoms with Crippen molar-refractivity contribution in [2.75, 3.05) is 0 Å². The molecule has 1 saturated carbocycles. The summed E-state index contributed by atoms with van der Waals surface area (Å²) in [5, 5.41) is 8.56. The highest BCUT2D eigenvalue weighted by molar-refractivity contribution is 5.85. The Labute approximate surface area is 205 Å². The minimum atomic E-state index is -0.351. The molecule has 1 aromatic heterocycles. The Morgan fingerprint density at radius 2 is 1.86 bits per heavy atom. The smallest absolute Gasteiger partial charge is 0.226 e. The number of rotatable bonds is 7. The molecule has 4 aromatic rings. The predicted octanol–water partition coefficient (Wildman–Crippen LogP) is 6.53. The number of aryl methyl sites for hydroxylation is 1. The van der Waals surface area contributed by atoms with Crippen molar-refractivity contribution in [1.82, 2.24) is 15.1 Å². The number of benzene rings is 3. The van der Waals surface area contributed by atoms with E-state index in [1.165, 1.54) is 12.1 Å². The zero-order valence-electron chi connectivity index (χ0n) is 19.6. The summed E-state index contributed by atoms with van der Waals surface area (Å²) in [5.41, 5.74) is 3.58. The number of hydrogen-bond acceptors (Lipinski definition) is 3. The molecule has 1 amide bonds. The van der Waals surface area contributed by atoms with E-state index in [1.807, 2.05) is 57.2 Å². The monoisotopic (exact) mass is 473 g/mol. The fourth-order valence-corrected chi connectivity index (χ4v) is 4.20. The van der Waals surface area contributed by atoms with E-state index in [1.54, 1.807) is 23.0 Å². The maximum atomic E-state index is 13.3. The van der Waals surface area contributed by atoms with E-state index in [0.717, 1.165) is 40.6 Å². The van der Waals surface area contributed by atoms with Crippen LogP contribution in [-0.4, -0.2) is 21.7 Å². The first kappa shape index (κ1) is 24.5. The van der Waals surface area contributed by atoms with Gasteiger partial charge in [-0.25, -0.2) is 9.07 Å². The third kappa shape index (κ3) is 5.06. The molecular weight excluding hydrogens is 441 g/mol. The maximum absolute atomic E-state index is 13.3. The third-order valence-electron chi connectivity index (χ3n) is 6.61. The van der Waals surface area contributed by atoms with E-state index in [0.29, 0.717) is 5.75 Å². The minimum Gasteiger partial charge on any atom is -0.484 e. The van der Waals surface area contributed by atoms with Gasteiger partial charge < -0.3 is 10.1 Å². The van der Waals surface area contributed by atoms with E-state index in [9.17, 15) is 9.18 Å². The van der Waals surface area contributed by atoms with Crippen LogP contribution in [0.3, 0.4) is 0 Å². The van der Waals surface area contributed by atoms with Crippen molar-refractivity contribution in [3.8, 4) is 11.4 Å². The van der Waals surface area contributed by atoms with Crippen molar-refractivity contribution < 1.29 is 13.9 Å². The molecule has 0 bridgehead atoms. The SMILES string of the molecule is C.Cc1cccc([C@@H](Oc2ccc3c(cnn3-c3ccc(F)cc3)c2)[C@H](C)NC(=O)C2(C)CC2)c1. The van der Waals surface area contributed by atoms with Crippen LogP contribution in [0.25, 0.3) is 16.6 Å². The molecular formula is C29H32FN3O2. The highest BCUT2D eigenvalue weighted by Crippen LogP contribution is 2.45. The normalized spacial score (nSPS) is 15.7. The van der Waals surface area contributed by atoms with Gasteiger partial charge in [0, 0.05) is 10.8 Å². The van der Waals surface area contributed by atoms with E-state index in [2.05, 4.69) is 16.5 Å². The topological polar surface area (TPSA) is 56.1 Å². The second-order valence-corrected chi connectivity index (χ2v) is 9.53. The number of carbonyl (C=O) groups excluding carboxylic acids is 1. The van der Waals surface area contributed by atoms with Crippen molar-refractivity contribution in [3.63, 3.8) is 0 Å². The molecule has 1 aliphatic carbocycles. The molecule has 5 nitrogen and oxygen atoms in total. The minimum absolute atomic E-state index is 0. The summed E-state index contributed by atoms with van der Waals surface area (Å²) in [6.07, 6.45) is 3.27. The van der Waals surface area contributed by atoms with Crippen molar-refractivity contribution in [2.24, 2.45) is 5.41 Å². The molecule has 0 aliphatic heterocycles. The summed E-state index contributed by atoms with van der Waals surface area (Å²) in [7, 11) is 0. The molecule has 1 heterocycles. The van der Waals surface area contributed by atoms with Gasteiger partial charge in [-0.3, -0.25) is 4.79 Å². The van der Waals surface area contributed by atoms with Crippen molar-refractivity contribution in [3.05, 3.63) is 89.9 Å². The molecule has 182 valence electrons. The summed E-state index contributed by atoms with van der Waals surface area (Å²) in [6, 6.07) is 20.0. The summed E-state index contributed by atoms with van der Waals surface area (Å²) in [5.74, 6) is 0.489. The second kappa shape index (κ2) is 9.53. The van der Waals surface area contributed by atoms with Gasteiger partial charge in [-0.1, -0.05) is 44.2 Å². The fourth-order valence-electron chi connectivity index (χ4n) is 4.20. The summed E-state index contributed by atoms with van der Waals surface area (Å²) in [6.45, 7) is 6.04. The number of amides is 1. The third-order valence-corrected chi connectivity index (χ3v) is 6.61. The maximum Gasteiger partial charge on any atom is 0.226 e. The first-order valence-electron chi connectivity index (χ1n) is 11.6. The molecule has 35 heavy (non-hydrogen) atoms. The Balaban J connectivity index is 0.00000289. The highest BCUT2D eigenvalue weighted by atomic mass is 19.1. The lowest BCUT2D eigenvalue weighted by Gasteiger charge is -2.28. The van der Waals surface area contributed by atoms with Crippen LogP contribution >= 0.6 is 0 Å². The predicted molar refractivity (Wildman–Crippen MR) is 137 cm³/mol. The average molecular weight is 474 g/mol. The molecule has 1 N–H and O–H groups in total. The molecule has 1 aliphatic rings. The van der Waals surface area contributed by atoms with Crippen LogP contribution < -0.4 is 10.1 Å². The number of nitrogens with one attached hydrogen (secondary N) is 1. The van der Waals surface area contributed by atoms with Gasteiger partial charge in [0.05, 0.1) is 23.4 Å². The number of aromatic nitrogens is 2. The largest absolute Gasteiger partial charge is 0.484 e. The van der Waals surface area contributed by atoms with Gasteiger partial charge in [-0.15, -0.1) is 0 Å². The molecule has 2 atom stereocenters. The lowest BCUT2D eigenvalue weighted by Crippen LogP contribution is -2.42. The molecule has 0 unspecified atom stereocenters. The van der Waals surface area contributed by atoms with E-state index in [4.69, 9.17) is 4.74 Å². The van der Waals surface area contributed by atoms with Crippen LogP contribution in [0, 0.1) is 18.2 Å². The lowest BCUT2D eigenvalue weighted by atomic mass is 10.00. The summed E-state index contributed by atoms with van der Waals surface area (Å²) < 4.78 is 21.6. The quantitative estimate of drug-likeness (QED) is 0.332. The Hall–Kier alpha value is -3.67. The number of halogens is 1. The number of fused-ring (bicyclic) bond motifs is 1. The van der Waals surface area contributed by atoms with Gasteiger partial charge in [-0.2, -0.15) is 5.10 Å². The summed E-state index contributed by atoms with van der Waals surface area (Å²) in [4.78, 5) is 12.7. The number of ether oxygens (including phenoxy) is 1. The van der Waals surface area contributed by atoms with Crippen molar-refractivity contribution in [2.45, 2.75) is 53.2 Å². The van der Waals surface area contributed by atoms with Gasteiger partial charge >= 0.3 is 0 Å². The van der Waals surface area contributed by atoms with Crippen molar-refractivity contribution >= 4 is 16.8 Å². The second-order valence-electron chi connectivity index (χ2n) is 9.53. The Morgan fingerprint density at radius 3 is 2.54 bits per heavy atom. The number of hydrogen-bond donors (Lipinski definition) is 1. The molecule has 6 heteroatoms. The molecule has 0 saturated heterocycles. The Kier molecular flexibility index (Phi) is 6.66. The molecule has 1 fully saturated rings. The number of nitrogens with zero attached hydrogens (tertiary/aromatic N) is 2. The van der Waals surface area contributed by atoms with E-state index >= 15 is 0 Å². The van der Waals surface area contributed by atoms with Crippen molar-refractivity contribution in [1.29, 1.82) is 0 Å². The standard InChI is InChI=1S/C28H28FN3O2.CH4/c1-18-5-4-6-20(15-18)26(19(2)31-27(33)28(3)13-14-28)34-24-11-12-25-21(16-24)17-30-32(25)23-9-7-22(29)8-10-23;/h4-12,15-17,19,26H,13-14H2,1-3H3,(H,31,33);1H4/t19-,26-;/m0./s1. The van der Waals surface area contributed by atoms with Crippen LogP contribution in [0.5, 0.6) is 5.75 Å². The fraction of sp³-hybridized carbons (Fsp3) is 0.310. The average Bonchev–Trinajstić information content (AvgIpc) is 3.44. The first-order valence-corrected chi connectivity index (χ1v) is 11.6. The van der Waals surface area contributed by atoms with Gasteiger partial charge in [0.2, 0.25) is 5.91 Å². The Morgan fingerprint density at radius 1 is 1.11 bits per heavy atom. The van der Waals surface area contributed by atoms with E-state index < -0.39 is 0 Å². The van der Waals surface area contributed by atoms with Crippen LogP contribution in [-0.2, 0) is 4.79 Å². The Bertz CT molecular complexity index is 1340. The van der Waals surface area contributed by atoms with Crippen LogP contribution in [0.15, 0.2) is 72.9 Å². The zero-order valence-corrected chi connectivity index (χ0v) is 19.6. The van der Waals surface area contributed by atoms with Gasteiger partial charge in [0.15, 0.2) is 0 Å². The number of carbonyl (C=O) groups is 1. The summed E-state index contributed by atoms with van der Waals surface area (Å²) >= 11 is 0. The van der Waals surface area contributed by atoms with Gasteiger partial charge in [0.1, 0.15) is 17.7 Å². The van der Waals surface area contributed by atoms with Gasteiger partial charge in [-0.05, 0) is 74.7 Å². The highest BCUT2D eigenvalue weighted by Gasteiger charge is 2.45. The van der Waals surface area contributed by atoms with Gasteiger partial charge in [0.25, 0.3) is 0 Å². The zero-order chi connectivity index (χ0) is 23.9. The first-order chi connectivity index (χ1) is 16.3. The van der Waals surface area contributed by atoms with Crippen LogP contribution in [0.1, 0.15) is 51.3 Å². The molecule has 0 radical (unpaired) electrons. The van der Waals surface area contributed by atoms with Crippen LogP contribution in [0.4, 0.5) is 4.39 Å². The van der Waals surface area contributed by atoms with Crippen LogP contribution in [0.2, 0.25) is 0 Å². The molecule has 3 aromatic carbocycles. The van der Waals surface area contributed by atoms with E-state index in [-0.39, 0.29) is 36.7 Å². The molecule has 5 rings (SSSR count). The molecule has 0 spiro atoms. The lowest BCUT2D eigenvalue weighted by molar-refractivity contribution is -0.127.